The minimum absolute atomic E-state index is 0.220. The maximum absolute atomic E-state index is 9.84. The number of nitrogens with one attached hydrogen (secondary N) is 1. The maximum atomic E-state index is 9.84. The predicted octanol–water partition coefficient (Wildman–Crippen LogP) is 3.79. The first-order chi connectivity index (χ1) is 10.1. The number of pyridine rings is 1. The Bertz CT molecular complexity index is 805. The largest absolute Gasteiger partial charge is 0.508 e. The van der Waals surface area contributed by atoms with E-state index in [-0.39, 0.29) is 5.75 Å². The molecule has 0 aliphatic heterocycles. The predicted molar refractivity (Wildman–Crippen MR) is 86.6 cm³/mol. The van der Waals surface area contributed by atoms with E-state index in [1.807, 2.05) is 24.3 Å². The van der Waals surface area contributed by atoms with Gasteiger partial charge in [-0.05, 0) is 42.5 Å². The van der Waals surface area contributed by atoms with E-state index in [2.05, 4.69) is 10.3 Å². The van der Waals surface area contributed by atoms with Crippen molar-refractivity contribution in [2.75, 3.05) is 11.1 Å². The van der Waals surface area contributed by atoms with Crippen molar-refractivity contribution in [3.63, 3.8) is 0 Å². The standard InChI is InChI=1S/C16H14ClN3O/c17-11-1-3-13-14(5-6-19-15(13)8-11)20-9-10-7-12(18)2-4-16(10)21/h1-8,21H,9,18H2,(H,19,20). The molecule has 1 aromatic heterocycles. The van der Waals surface area contributed by atoms with Crippen LogP contribution in [0.3, 0.4) is 0 Å². The quantitative estimate of drug-likeness (QED) is 0.508. The summed E-state index contributed by atoms with van der Waals surface area (Å²) < 4.78 is 0. The molecule has 2 aromatic carbocycles. The number of benzene rings is 2. The maximum Gasteiger partial charge on any atom is 0.120 e. The summed E-state index contributed by atoms with van der Waals surface area (Å²) in [5.41, 5.74) is 8.86. The van der Waals surface area contributed by atoms with Crippen LogP contribution in [0.5, 0.6) is 5.75 Å². The van der Waals surface area contributed by atoms with Crippen molar-refractivity contribution in [1.29, 1.82) is 0 Å². The number of phenols is 1. The van der Waals surface area contributed by atoms with Crippen LogP contribution in [0.4, 0.5) is 11.4 Å². The Morgan fingerprint density at radius 1 is 1.14 bits per heavy atom. The van der Waals surface area contributed by atoms with E-state index in [0.717, 1.165) is 22.2 Å². The molecular formula is C16H14ClN3O. The topological polar surface area (TPSA) is 71.2 Å². The fourth-order valence-corrected chi connectivity index (χ4v) is 2.38. The Hall–Kier alpha value is -2.46. The molecular weight excluding hydrogens is 286 g/mol. The first-order valence-corrected chi connectivity index (χ1v) is 6.87. The molecule has 0 amide bonds. The van der Waals surface area contributed by atoms with Crippen LogP contribution in [-0.2, 0) is 6.54 Å². The van der Waals surface area contributed by atoms with Gasteiger partial charge in [-0.15, -0.1) is 0 Å². The Labute approximate surface area is 127 Å². The Balaban J connectivity index is 1.90. The van der Waals surface area contributed by atoms with Crippen molar-refractivity contribution in [3.05, 3.63) is 59.2 Å². The molecule has 0 unspecified atom stereocenters. The number of nitrogens with two attached hydrogens (primary N) is 1. The monoisotopic (exact) mass is 299 g/mol. The highest BCUT2D eigenvalue weighted by Crippen LogP contribution is 2.26. The van der Waals surface area contributed by atoms with E-state index in [9.17, 15) is 5.11 Å². The zero-order valence-electron chi connectivity index (χ0n) is 11.2. The number of nitrogens with zero attached hydrogens (tertiary/aromatic N) is 1. The third kappa shape index (κ3) is 2.85. The van der Waals surface area contributed by atoms with Gasteiger partial charge in [-0.1, -0.05) is 11.6 Å². The minimum Gasteiger partial charge on any atom is -0.508 e. The van der Waals surface area contributed by atoms with Crippen molar-refractivity contribution in [2.45, 2.75) is 6.54 Å². The lowest BCUT2D eigenvalue weighted by Gasteiger charge is -2.11. The van der Waals surface area contributed by atoms with Crippen molar-refractivity contribution >= 4 is 33.9 Å². The lowest BCUT2D eigenvalue weighted by Crippen LogP contribution is -2.01. The van der Waals surface area contributed by atoms with Crippen molar-refractivity contribution in [3.8, 4) is 5.75 Å². The second-order valence-electron chi connectivity index (χ2n) is 4.76. The fourth-order valence-electron chi connectivity index (χ4n) is 2.21. The molecule has 0 aliphatic rings. The van der Waals surface area contributed by atoms with E-state index in [1.165, 1.54) is 0 Å². The Morgan fingerprint density at radius 2 is 2.00 bits per heavy atom. The first-order valence-electron chi connectivity index (χ1n) is 6.49. The third-order valence-corrected chi connectivity index (χ3v) is 3.51. The summed E-state index contributed by atoms with van der Waals surface area (Å²) in [4.78, 5) is 4.30. The van der Waals surface area contributed by atoms with Crippen LogP contribution in [0.25, 0.3) is 10.9 Å². The number of fused-ring (bicyclic) bond motifs is 1. The van der Waals surface area contributed by atoms with Gasteiger partial charge in [0, 0.05) is 40.1 Å². The number of rotatable bonds is 3. The summed E-state index contributed by atoms with van der Waals surface area (Å²) in [5, 5.41) is 14.8. The van der Waals surface area contributed by atoms with Crippen LogP contribution in [0, 0.1) is 0 Å². The lowest BCUT2D eigenvalue weighted by molar-refractivity contribution is 0.469. The number of hydrogen-bond donors (Lipinski definition) is 3. The summed E-state index contributed by atoms with van der Waals surface area (Å²) >= 11 is 5.97. The van der Waals surface area contributed by atoms with Gasteiger partial charge in [0.2, 0.25) is 0 Å². The molecule has 106 valence electrons. The molecule has 0 fully saturated rings. The number of aromatic nitrogens is 1. The smallest absolute Gasteiger partial charge is 0.120 e. The number of halogens is 1. The van der Waals surface area contributed by atoms with Gasteiger partial charge in [0.15, 0.2) is 0 Å². The van der Waals surface area contributed by atoms with Gasteiger partial charge in [-0.3, -0.25) is 4.98 Å². The summed E-state index contributed by atoms with van der Waals surface area (Å²) in [6.07, 6.45) is 1.72. The summed E-state index contributed by atoms with van der Waals surface area (Å²) in [5.74, 6) is 0.220. The van der Waals surface area contributed by atoms with E-state index in [0.29, 0.717) is 17.3 Å². The van der Waals surface area contributed by atoms with Crippen LogP contribution in [0.2, 0.25) is 5.02 Å². The highest BCUT2D eigenvalue weighted by molar-refractivity contribution is 6.31. The second-order valence-corrected chi connectivity index (χ2v) is 5.20. The SMILES string of the molecule is Nc1ccc(O)c(CNc2ccnc3cc(Cl)ccc23)c1. The average Bonchev–Trinajstić information content (AvgIpc) is 2.47. The molecule has 5 heteroatoms. The van der Waals surface area contributed by atoms with Crippen LogP contribution in [0.15, 0.2) is 48.7 Å². The molecule has 1 heterocycles. The van der Waals surface area contributed by atoms with Gasteiger partial charge in [-0.25, -0.2) is 0 Å². The van der Waals surface area contributed by atoms with E-state index >= 15 is 0 Å². The van der Waals surface area contributed by atoms with Crippen LogP contribution in [0.1, 0.15) is 5.56 Å². The normalized spacial score (nSPS) is 10.7. The van der Waals surface area contributed by atoms with E-state index in [4.69, 9.17) is 17.3 Å². The van der Waals surface area contributed by atoms with E-state index < -0.39 is 0 Å². The number of hydrogen-bond acceptors (Lipinski definition) is 4. The Morgan fingerprint density at radius 3 is 2.86 bits per heavy atom. The van der Waals surface area contributed by atoms with Gasteiger partial charge in [-0.2, -0.15) is 0 Å². The Kier molecular flexibility index (Phi) is 3.54. The first kappa shape index (κ1) is 13.5. The summed E-state index contributed by atoms with van der Waals surface area (Å²) in [6.45, 7) is 0.471. The summed E-state index contributed by atoms with van der Waals surface area (Å²) in [6, 6.07) is 12.5. The zero-order valence-corrected chi connectivity index (χ0v) is 11.9. The molecule has 21 heavy (non-hydrogen) atoms. The van der Waals surface area contributed by atoms with Gasteiger partial charge < -0.3 is 16.2 Å². The number of nitrogen functional groups attached to an aromatic ring is 1. The summed E-state index contributed by atoms with van der Waals surface area (Å²) in [7, 11) is 0. The molecule has 4 N–H and O–H groups in total. The molecule has 0 bridgehead atoms. The number of anilines is 2. The van der Waals surface area contributed by atoms with Crippen molar-refractivity contribution in [2.24, 2.45) is 0 Å². The molecule has 0 aliphatic carbocycles. The van der Waals surface area contributed by atoms with Gasteiger partial charge in [0.1, 0.15) is 5.75 Å². The van der Waals surface area contributed by atoms with Crippen LogP contribution in [-0.4, -0.2) is 10.1 Å². The molecule has 0 radical (unpaired) electrons. The van der Waals surface area contributed by atoms with Crippen LogP contribution < -0.4 is 11.1 Å². The highest BCUT2D eigenvalue weighted by Gasteiger charge is 2.05. The number of phenolic OH excluding ortho intramolecular Hbond substituents is 1. The lowest BCUT2D eigenvalue weighted by atomic mass is 10.1. The highest BCUT2D eigenvalue weighted by atomic mass is 35.5. The zero-order chi connectivity index (χ0) is 14.8. The van der Waals surface area contributed by atoms with Crippen LogP contribution >= 0.6 is 11.6 Å². The number of aromatic hydroxyl groups is 1. The van der Waals surface area contributed by atoms with Crippen molar-refractivity contribution in [1.82, 2.24) is 4.98 Å². The molecule has 3 rings (SSSR count). The molecule has 0 spiro atoms. The van der Waals surface area contributed by atoms with Gasteiger partial charge >= 0.3 is 0 Å². The average molecular weight is 300 g/mol. The van der Waals surface area contributed by atoms with Crippen molar-refractivity contribution < 1.29 is 5.11 Å². The van der Waals surface area contributed by atoms with Gasteiger partial charge in [0.05, 0.1) is 5.52 Å². The fraction of sp³-hybridized carbons (Fsp3) is 0.0625. The molecule has 0 atom stereocenters. The molecule has 0 saturated carbocycles. The second kappa shape index (κ2) is 5.50. The molecule has 0 saturated heterocycles. The van der Waals surface area contributed by atoms with Gasteiger partial charge in [0.25, 0.3) is 0 Å². The molecule has 3 aromatic rings. The third-order valence-electron chi connectivity index (χ3n) is 3.28. The minimum atomic E-state index is 0.220. The molecule has 4 nitrogen and oxygen atoms in total. The van der Waals surface area contributed by atoms with E-state index in [1.54, 1.807) is 24.4 Å².